The van der Waals surface area contributed by atoms with Crippen molar-refractivity contribution in [3.8, 4) is 17.2 Å². The number of nitrogens with zero attached hydrogens (tertiary/aromatic N) is 3. The number of carbonyl (C=O) groups is 2. The van der Waals surface area contributed by atoms with Crippen molar-refractivity contribution < 1.29 is 33.3 Å². The van der Waals surface area contributed by atoms with E-state index < -0.39 is 23.5 Å². The number of imidazole rings is 1. The van der Waals surface area contributed by atoms with Gasteiger partial charge in [-0.25, -0.2) is 4.98 Å². The third-order valence-electron chi connectivity index (χ3n) is 6.68. The predicted molar refractivity (Wildman–Crippen MR) is 142 cm³/mol. The first-order chi connectivity index (χ1) is 19.0. The molecule has 0 aliphatic carbocycles. The molecule has 39 heavy (non-hydrogen) atoms. The van der Waals surface area contributed by atoms with Crippen LogP contribution in [0.15, 0.2) is 76.9 Å². The Morgan fingerprint density at radius 2 is 1.90 bits per heavy atom. The number of hydrogen-bond acceptors (Lipinski definition) is 8. The van der Waals surface area contributed by atoms with Crippen LogP contribution in [-0.4, -0.2) is 58.6 Å². The van der Waals surface area contributed by atoms with Gasteiger partial charge < -0.3 is 33.2 Å². The minimum absolute atomic E-state index is 0.00739. The van der Waals surface area contributed by atoms with Gasteiger partial charge in [0.1, 0.15) is 0 Å². The second-order valence-corrected chi connectivity index (χ2v) is 8.98. The number of aromatic nitrogens is 2. The van der Waals surface area contributed by atoms with Crippen LogP contribution >= 0.6 is 0 Å². The van der Waals surface area contributed by atoms with Gasteiger partial charge in [0.2, 0.25) is 5.78 Å². The first-order valence-corrected chi connectivity index (χ1v) is 12.6. The molecular weight excluding hydrogens is 502 g/mol. The van der Waals surface area contributed by atoms with Crippen molar-refractivity contribution in [3.05, 3.63) is 83.8 Å². The average Bonchev–Trinajstić information content (AvgIpc) is 3.68. The summed E-state index contributed by atoms with van der Waals surface area (Å²) >= 11 is 0. The molecule has 2 aromatic carbocycles. The Labute approximate surface area is 225 Å². The number of para-hydroxylation sites is 1. The summed E-state index contributed by atoms with van der Waals surface area (Å²) in [6.07, 6.45) is 5.79. The van der Waals surface area contributed by atoms with Crippen LogP contribution in [0.25, 0.3) is 11.0 Å². The zero-order chi connectivity index (χ0) is 27.5. The molecule has 1 atom stereocenters. The van der Waals surface area contributed by atoms with Crippen molar-refractivity contribution in [2.24, 2.45) is 0 Å². The molecule has 10 heteroatoms. The van der Waals surface area contributed by atoms with E-state index in [1.807, 2.05) is 17.7 Å². The zero-order valence-corrected chi connectivity index (χ0v) is 21.9. The highest BCUT2D eigenvalue weighted by Gasteiger charge is 2.44. The number of methoxy groups -OCH3 is 2. The maximum absolute atomic E-state index is 13.9. The fourth-order valence-electron chi connectivity index (χ4n) is 4.88. The van der Waals surface area contributed by atoms with Crippen LogP contribution in [0.5, 0.6) is 17.2 Å². The average molecular weight is 532 g/mol. The molecule has 0 fully saturated rings. The van der Waals surface area contributed by atoms with Crippen LogP contribution in [0.2, 0.25) is 0 Å². The molecule has 1 aliphatic heterocycles. The molecular formula is C29H29N3O7. The lowest BCUT2D eigenvalue weighted by atomic mass is 9.94. The first kappa shape index (κ1) is 25.9. The van der Waals surface area contributed by atoms with Crippen LogP contribution in [0, 0.1) is 0 Å². The van der Waals surface area contributed by atoms with Gasteiger partial charge in [0.05, 0.1) is 38.8 Å². The zero-order valence-electron chi connectivity index (χ0n) is 21.9. The molecule has 10 nitrogen and oxygen atoms in total. The number of aryl methyl sites for hydroxylation is 1. The molecule has 5 rings (SSSR count). The van der Waals surface area contributed by atoms with Crippen LogP contribution in [0.3, 0.4) is 0 Å². The van der Waals surface area contributed by atoms with Gasteiger partial charge in [0.25, 0.3) is 5.91 Å². The molecule has 0 radical (unpaired) electrons. The maximum Gasteiger partial charge on any atom is 0.290 e. The van der Waals surface area contributed by atoms with Crippen molar-refractivity contribution >= 4 is 22.7 Å². The number of aliphatic hydroxyl groups excluding tert-OH is 1. The Kier molecular flexibility index (Phi) is 7.27. The molecule has 1 aliphatic rings. The molecule has 3 heterocycles. The lowest BCUT2D eigenvalue weighted by Gasteiger charge is -2.27. The van der Waals surface area contributed by atoms with Crippen LogP contribution in [0.1, 0.15) is 35.5 Å². The number of ketones is 1. The fourth-order valence-corrected chi connectivity index (χ4v) is 4.88. The van der Waals surface area contributed by atoms with E-state index in [-0.39, 0.29) is 17.9 Å². The van der Waals surface area contributed by atoms with Gasteiger partial charge in [-0.3, -0.25) is 9.59 Å². The Balaban J connectivity index is 1.55. The minimum Gasteiger partial charge on any atom is -0.503 e. The van der Waals surface area contributed by atoms with E-state index in [9.17, 15) is 14.7 Å². The largest absolute Gasteiger partial charge is 0.503 e. The van der Waals surface area contributed by atoms with Crippen LogP contribution in [-0.2, 0) is 11.3 Å². The molecule has 1 N–H and O–H groups in total. The molecule has 1 amide bonds. The summed E-state index contributed by atoms with van der Waals surface area (Å²) in [6.45, 7) is 3.20. The number of ether oxygens (including phenoxy) is 3. The van der Waals surface area contributed by atoms with Crippen LogP contribution < -0.4 is 14.2 Å². The van der Waals surface area contributed by atoms with Gasteiger partial charge in [0.15, 0.2) is 34.4 Å². The number of aliphatic hydroxyl groups is 1. The summed E-state index contributed by atoms with van der Waals surface area (Å²) in [5, 5.41) is 11.7. The monoisotopic (exact) mass is 531 g/mol. The summed E-state index contributed by atoms with van der Waals surface area (Å²) in [4.78, 5) is 32.8. The molecule has 2 aromatic heterocycles. The number of hydrogen-bond donors (Lipinski definition) is 1. The summed E-state index contributed by atoms with van der Waals surface area (Å²) in [7, 11) is 3.03. The highest BCUT2D eigenvalue weighted by molar-refractivity contribution is 6.16. The Morgan fingerprint density at radius 3 is 2.62 bits per heavy atom. The van der Waals surface area contributed by atoms with Crippen molar-refractivity contribution in [1.82, 2.24) is 14.5 Å². The highest BCUT2D eigenvalue weighted by Crippen LogP contribution is 2.42. The van der Waals surface area contributed by atoms with Gasteiger partial charge in [0, 0.05) is 30.9 Å². The number of furan rings is 1. The molecule has 0 saturated carbocycles. The Hall–Kier alpha value is -4.73. The molecule has 0 bridgehead atoms. The van der Waals surface area contributed by atoms with Gasteiger partial charge in [-0.1, -0.05) is 18.2 Å². The number of amides is 1. The molecule has 0 saturated heterocycles. The van der Waals surface area contributed by atoms with E-state index in [0.717, 1.165) is 0 Å². The van der Waals surface area contributed by atoms with Gasteiger partial charge in [-0.15, -0.1) is 0 Å². The SMILES string of the molecule is CCOc1ccc(C2C(C(=O)c3cc4cccc(OC)c4o3)=C(O)C(=O)N2CCCn2ccnc2)cc1OC. The molecule has 202 valence electrons. The quantitative estimate of drug-likeness (QED) is 0.277. The van der Waals surface area contributed by atoms with E-state index in [4.69, 9.17) is 18.6 Å². The lowest BCUT2D eigenvalue weighted by molar-refractivity contribution is -0.129. The maximum atomic E-state index is 13.9. The van der Waals surface area contributed by atoms with E-state index >= 15 is 0 Å². The van der Waals surface area contributed by atoms with E-state index in [2.05, 4.69) is 4.98 Å². The minimum atomic E-state index is -0.868. The normalized spacial score (nSPS) is 15.3. The second kappa shape index (κ2) is 10.9. The van der Waals surface area contributed by atoms with Crippen LogP contribution in [0.4, 0.5) is 0 Å². The molecule has 4 aromatic rings. The Morgan fingerprint density at radius 1 is 1.08 bits per heavy atom. The standard InChI is InChI=1S/C29H29N3O7/c1-4-38-20-10-9-18(15-22(20)37-3)25-24(26(33)23-16-19-7-5-8-21(36-2)28(19)39-23)27(34)29(35)32(25)13-6-12-31-14-11-30-17-31/h5,7-11,14-17,25,34H,4,6,12-13H2,1-3H3. The smallest absolute Gasteiger partial charge is 0.290 e. The topological polar surface area (TPSA) is 116 Å². The fraction of sp³-hybridized carbons (Fsp3) is 0.276. The summed E-state index contributed by atoms with van der Waals surface area (Å²) in [6, 6.07) is 11.3. The number of carbonyl (C=O) groups excluding carboxylic acids is 2. The highest BCUT2D eigenvalue weighted by atomic mass is 16.5. The summed E-state index contributed by atoms with van der Waals surface area (Å²) in [5.74, 6) is -0.372. The third-order valence-corrected chi connectivity index (χ3v) is 6.68. The van der Waals surface area contributed by atoms with Crippen molar-refractivity contribution in [2.75, 3.05) is 27.4 Å². The van der Waals surface area contributed by atoms with Gasteiger partial charge >= 0.3 is 0 Å². The van der Waals surface area contributed by atoms with Crippen molar-refractivity contribution in [3.63, 3.8) is 0 Å². The number of Topliss-reactive ketones (excluding diaryl/α,β-unsaturated/α-hetero) is 1. The van der Waals surface area contributed by atoms with Gasteiger partial charge in [-0.2, -0.15) is 0 Å². The lowest BCUT2D eigenvalue weighted by Crippen LogP contribution is -2.32. The van der Waals surface area contributed by atoms with E-state index in [1.165, 1.54) is 19.1 Å². The molecule has 0 spiro atoms. The first-order valence-electron chi connectivity index (χ1n) is 12.6. The van der Waals surface area contributed by atoms with Gasteiger partial charge in [-0.05, 0) is 43.2 Å². The summed E-state index contributed by atoms with van der Waals surface area (Å²) in [5.41, 5.74) is 0.934. The predicted octanol–water partition coefficient (Wildman–Crippen LogP) is 4.71. The van der Waals surface area contributed by atoms with Crippen molar-refractivity contribution in [2.45, 2.75) is 25.9 Å². The number of rotatable bonds is 11. The van der Waals surface area contributed by atoms with E-state index in [0.29, 0.717) is 53.4 Å². The summed E-state index contributed by atoms with van der Waals surface area (Å²) < 4.78 is 24.3. The van der Waals surface area contributed by atoms with E-state index in [1.54, 1.807) is 55.0 Å². The third kappa shape index (κ3) is 4.81. The number of benzene rings is 2. The molecule has 1 unspecified atom stereocenters. The second-order valence-electron chi connectivity index (χ2n) is 8.98. The number of fused-ring (bicyclic) bond motifs is 1. The Bertz CT molecular complexity index is 1540. The van der Waals surface area contributed by atoms with Crippen molar-refractivity contribution in [1.29, 1.82) is 0 Å².